The van der Waals surface area contributed by atoms with Gasteiger partial charge in [-0.15, -0.1) is 0 Å². The zero-order valence-electron chi connectivity index (χ0n) is 10.5. The number of aliphatic hydroxyl groups excluding tert-OH is 1. The highest BCUT2D eigenvalue weighted by molar-refractivity contribution is 4.83. The average Bonchev–Trinajstić information content (AvgIpc) is 2.58. The van der Waals surface area contributed by atoms with E-state index in [-0.39, 0.29) is 6.10 Å². The molecule has 0 aliphatic heterocycles. The lowest BCUT2D eigenvalue weighted by atomic mass is 9.93. The van der Waals surface area contributed by atoms with Crippen molar-refractivity contribution in [3.63, 3.8) is 0 Å². The van der Waals surface area contributed by atoms with Gasteiger partial charge in [-0.25, -0.2) is 0 Å². The van der Waals surface area contributed by atoms with Crippen LogP contribution in [-0.4, -0.2) is 23.8 Å². The Kier molecular flexibility index (Phi) is 5.62. The third-order valence-corrected chi connectivity index (χ3v) is 3.45. The van der Waals surface area contributed by atoms with Gasteiger partial charge in [0.2, 0.25) is 0 Å². The second kappa shape index (κ2) is 6.49. The summed E-state index contributed by atoms with van der Waals surface area (Å²) in [5.74, 6) is 1.68. The number of hydrogen-bond donors (Lipinski definition) is 2. The molecule has 3 atom stereocenters. The monoisotopic (exact) mass is 213 g/mol. The van der Waals surface area contributed by atoms with Crippen molar-refractivity contribution in [1.82, 2.24) is 5.32 Å². The molecule has 3 unspecified atom stereocenters. The van der Waals surface area contributed by atoms with E-state index in [1.54, 1.807) is 0 Å². The van der Waals surface area contributed by atoms with Crippen LogP contribution < -0.4 is 5.32 Å². The zero-order chi connectivity index (χ0) is 11.3. The molecule has 0 aromatic heterocycles. The van der Waals surface area contributed by atoms with Crippen LogP contribution in [0.4, 0.5) is 0 Å². The molecular formula is C13H27NO. The summed E-state index contributed by atoms with van der Waals surface area (Å²) in [4.78, 5) is 0. The highest BCUT2D eigenvalue weighted by Gasteiger charge is 2.26. The van der Waals surface area contributed by atoms with Crippen LogP contribution in [0, 0.1) is 11.8 Å². The molecule has 2 heteroatoms. The zero-order valence-corrected chi connectivity index (χ0v) is 10.5. The molecule has 0 amide bonds. The molecule has 90 valence electrons. The normalized spacial score (nSPS) is 28.6. The molecule has 1 fully saturated rings. The summed E-state index contributed by atoms with van der Waals surface area (Å²) < 4.78 is 0. The SMILES string of the molecule is CC(C)CCC1CCCC1NCC(C)O. The number of aliphatic hydroxyl groups is 1. The topological polar surface area (TPSA) is 32.3 Å². The van der Waals surface area contributed by atoms with Gasteiger partial charge >= 0.3 is 0 Å². The highest BCUT2D eigenvalue weighted by atomic mass is 16.3. The Labute approximate surface area is 94.5 Å². The maximum atomic E-state index is 9.25. The van der Waals surface area contributed by atoms with E-state index in [9.17, 15) is 5.11 Å². The van der Waals surface area contributed by atoms with E-state index in [1.165, 1.54) is 32.1 Å². The van der Waals surface area contributed by atoms with Gasteiger partial charge in [0.05, 0.1) is 6.10 Å². The first-order valence-corrected chi connectivity index (χ1v) is 6.51. The Hall–Kier alpha value is -0.0800. The van der Waals surface area contributed by atoms with Crippen LogP contribution in [0.25, 0.3) is 0 Å². The predicted octanol–water partition coefficient (Wildman–Crippen LogP) is 2.56. The Bertz CT molecular complexity index is 150. The fourth-order valence-electron chi connectivity index (χ4n) is 2.52. The Balaban J connectivity index is 2.23. The summed E-state index contributed by atoms with van der Waals surface area (Å²) in [6, 6.07) is 0.665. The molecule has 1 aliphatic carbocycles. The summed E-state index contributed by atoms with van der Waals surface area (Å²) in [5.41, 5.74) is 0. The van der Waals surface area contributed by atoms with E-state index in [0.29, 0.717) is 6.04 Å². The van der Waals surface area contributed by atoms with Gasteiger partial charge in [-0.2, -0.15) is 0 Å². The first-order chi connectivity index (χ1) is 7.09. The lowest BCUT2D eigenvalue weighted by Crippen LogP contribution is -2.37. The van der Waals surface area contributed by atoms with Crippen molar-refractivity contribution in [3.8, 4) is 0 Å². The summed E-state index contributed by atoms with van der Waals surface area (Å²) in [6.45, 7) is 7.20. The third kappa shape index (κ3) is 4.98. The van der Waals surface area contributed by atoms with Gasteiger partial charge < -0.3 is 10.4 Å². The van der Waals surface area contributed by atoms with Crippen molar-refractivity contribution in [2.75, 3.05) is 6.54 Å². The summed E-state index contributed by atoms with van der Waals surface area (Å²) in [7, 11) is 0. The maximum absolute atomic E-state index is 9.25. The molecule has 2 nitrogen and oxygen atoms in total. The molecule has 1 rings (SSSR count). The third-order valence-electron chi connectivity index (χ3n) is 3.45. The quantitative estimate of drug-likeness (QED) is 0.711. The van der Waals surface area contributed by atoms with E-state index in [0.717, 1.165) is 18.4 Å². The Morgan fingerprint density at radius 1 is 1.27 bits per heavy atom. The van der Waals surface area contributed by atoms with E-state index in [2.05, 4.69) is 19.2 Å². The van der Waals surface area contributed by atoms with E-state index >= 15 is 0 Å². The van der Waals surface area contributed by atoms with Gasteiger partial charge in [0.1, 0.15) is 0 Å². The van der Waals surface area contributed by atoms with E-state index in [1.807, 2.05) is 6.92 Å². The molecule has 1 aliphatic rings. The lowest BCUT2D eigenvalue weighted by Gasteiger charge is -2.22. The lowest BCUT2D eigenvalue weighted by molar-refractivity contribution is 0.180. The van der Waals surface area contributed by atoms with Crippen LogP contribution in [0.3, 0.4) is 0 Å². The molecule has 0 aromatic rings. The fraction of sp³-hybridized carbons (Fsp3) is 1.00. The van der Waals surface area contributed by atoms with E-state index < -0.39 is 0 Å². The number of rotatable bonds is 6. The van der Waals surface area contributed by atoms with Crippen LogP contribution >= 0.6 is 0 Å². The first-order valence-electron chi connectivity index (χ1n) is 6.51. The molecule has 0 aromatic carbocycles. The smallest absolute Gasteiger partial charge is 0.0636 e. The summed E-state index contributed by atoms with van der Waals surface area (Å²) in [6.07, 6.45) is 6.53. The Morgan fingerprint density at radius 2 is 2.00 bits per heavy atom. The fourth-order valence-corrected chi connectivity index (χ4v) is 2.52. The van der Waals surface area contributed by atoms with Crippen molar-refractivity contribution in [2.45, 2.75) is 65.0 Å². The maximum Gasteiger partial charge on any atom is 0.0636 e. The number of hydrogen-bond acceptors (Lipinski definition) is 2. The van der Waals surface area contributed by atoms with Crippen molar-refractivity contribution >= 4 is 0 Å². The van der Waals surface area contributed by atoms with Gasteiger partial charge in [0.25, 0.3) is 0 Å². The van der Waals surface area contributed by atoms with Crippen LogP contribution in [0.1, 0.15) is 52.9 Å². The van der Waals surface area contributed by atoms with Crippen molar-refractivity contribution in [1.29, 1.82) is 0 Å². The van der Waals surface area contributed by atoms with Crippen LogP contribution in [0.2, 0.25) is 0 Å². The van der Waals surface area contributed by atoms with Crippen molar-refractivity contribution < 1.29 is 5.11 Å². The minimum Gasteiger partial charge on any atom is -0.392 e. The van der Waals surface area contributed by atoms with Crippen molar-refractivity contribution in [2.24, 2.45) is 11.8 Å². The summed E-state index contributed by atoms with van der Waals surface area (Å²) >= 11 is 0. The predicted molar refractivity (Wildman–Crippen MR) is 64.9 cm³/mol. The van der Waals surface area contributed by atoms with Crippen LogP contribution in [0.15, 0.2) is 0 Å². The molecule has 2 N–H and O–H groups in total. The second-order valence-corrected chi connectivity index (χ2v) is 5.53. The van der Waals surface area contributed by atoms with Gasteiger partial charge in [0.15, 0.2) is 0 Å². The van der Waals surface area contributed by atoms with Gasteiger partial charge in [-0.3, -0.25) is 0 Å². The number of nitrogens with one attached hydrogen (secondary N) is 1. The van der Waals surface area contributed by atoms with Crippen molar-refractivity contribution in [3.05, 3.63) is 0 Å². The molecule has 0 spiro atoms. The largest absolute Gasteiger partial charge is 0.392 e. The molecule has 0 saturated heterocycles. The Morgan fingerprint density at radius 3 is 2.60 bits per heavy atom. The average molecular weight is 213 g/mol. The molecule has 15 heavy (non-hydrogen) atoms. The highest BCUT2D eigenvalue weighted by Crippen LogP contribution is 2.30. The second-order valence-electron chi connectivity index (χ2n) is 5.53. The minimum absolute atomic E-state index is 0.212. The van der Waals surface area contributed by atoms with Gasteiger partial charge in [-0.1, -0.05) is 26.7 Å². The standard InChI is InChI=1S/C13H27NO/c1-10(2)7-8-12-5-4-6-13(12)14-9-11(3)15/h10-15H,4-9H2,1-3H3. The van der Waals surface area contributed by atoms with Crippen LogP contribution in [0.5, 0.6) is 0 Å². The first kappa shape index (κ1) is 13.0. The molecular weight excluding hydrogens is 186 g/mol. The van der Waals surface area contributed by atoms with Gasteiger partial charge in [0, 0.05) is 12.6 Å². The molecule has 1 saturated carbocycles. The molecule has 0 heterocycles. The van der Waals surface area contributed by atoms with Crippen LogP contribution in [-0.2, 0) is 0 Å². The summed E-state index contributed by atoms with van der Waals surface area (Å²) in [5, 5.41) is 12.8. The van der Waals surface area contributed by atoms with Gasteiger partial charge in [-0.05, 0) is 38.0 Å². The minimum atomic E-state index is -0.212. The molecule has 0 bridgehead atoms. The van der Waals surface area contributed by atoms with E-state index in [4.69, 9.17) is 0 Å². The molecule has 0 radical (unpaired) electrons.